The quantitative estimate of drug-likeness (QED) is 0.747. The van der Waals surface area contributed by atoms with Crippen LogP contribution in [0.4, 0.5) is 0 Å². The molecule has 6 heteroatoms. The fourth-order valence-corrected chi connectivity index (χ4v) is 4.22. The third-order valence-corrected chi connectivity index (χ3v) is 6.06. The number of likely N-dealkylation sites (tertiary alicyclic amines) is 1. The van der Waals surface area contributed by atoms with Crippen LogP contribution in [0, 0.1) is 6.92 Å². The minimum Gasteiger partial charge on any atom is -0.379 e. The zero-order valence-electron chi connectivity index (χ0n) is 18.2. The number of aryl methyl sites for hydroxylation is 1. The molecule has 2 aliphatic rings. The predicted octanol–water partition coefficient (Wildman–Crippen LogP) is 2.92. The fourth-order valence-electron chi connectivity index (χ4n) is 4.22. The first-order chi connectivity index (χ1) is 15.1. The summed E-state index contributed by atoms with van der Waals surface area (Å²) in [6.45, 7) is 7.38. The molecule has 31 heavy (non-hydrogen) atoms. The largest absolute Gasteiger partial charge is 0.379 e. The van der Waals surface area contributed by atoms with Crippen LogP contribution in [0.2, 0.25) is 0 Å². The van der Waals surface area contributed by atoms with Gasteiger partial charge in [-0.15, -0.1) is 0 Å². The molecular formula is C25H31N3O3. The number of morpholine rings is 1. The highest BCUT2D eigenvalue weighted by atomic mass is 16.5. The van der Waals surface area contributed by atoms with Crippen LogP contribution >= 0.6 is 0 Å². The van der Waals surface area contributed by atoms with Crippen molar-refractivity contribution < 1.29 is 14.3 Å². The van der Waals surface area contributed by atoms with E-state index in [2.05, 4.69) is 41.4 Å². The van der Waals surface area contributed by atoms with Crippen LogP contribution < -0.4 is 5.32 Å². The van der Waals surface area contributed by atoms with Crippen LogP contribution in [0.5, 0.6) is 0 Å². The van der Waals surface area contributed by atoms with Gasteiger partial charge in [0, 0.05) is 44.7 Å². The van der Waals surface area contributed by atoms with E-state index in [-0.39, 0.29) is 17.9 Å². The molecule has 2 heterocycles. The van der Waals surface area contributed by atoms with Gasteiger partial charge in [-0.3, -0.25) is 14.5 Å². The lowest BCUT2D eigenvalue weighted by atomic mass is 10.0. The molecule has 0 aromatic heterocycles. The van der Waals surface area contributed by atoms with E-state index in [1.165, 1.54) is 5.56 Å². The molecule has 0 aliphatic carbocycles. The zero-order chi connectivity index (χ0) is 21.6. The molecule has 2 saturated heterocycles. The highest BCUT2D eigenvalue weighted by Crippen LogP contribution is 2.19. The Morgan fingerprint density at radius 2 is 1.87 bits per heavy atom. The first-order valence-corrected chi connectivity index (χ1v) is 11.1. The van der Waals surface area contributed by atoms with Crippen molar-refractivity contribution in [1.29, 1.82) is 0 Å². The van der Waals surface area contributed by atoms with Gasteiger partial charge in [-0.2, -0.15) is 0 Å². The van der Waals surface area contributed by atoms with Crippen molar-refractivity contribution in [3.8, 4) is 0 Å². The minimum atomic E-state index is -0.102. The molecule has 1 atom stereocenters. The molecule has 0 bridgehead atoms. The van der Waals surface area contributed by atoms with Crippen molar-refractivity contribution in [1.82, 2.24) is 15.1 Å². The van der Waals surface area contributed by atoms with Gasteiger partial charge in [-0.25, -0.2) is 0 Å². The number of ether oxygens (including phenoxy) is 1. The van der Waals surface area contributed by atoms with Crippen molar-refractivity contribution in [3.63, 3.8) is 0 Å². The summed E-state index contributed by atoms with van der Waals surface area (Å²) in [6, 6.07) is 15.9. The second-order valence-corrected chi connectivity index (χ2v) is 8.47. The van der Waals surface area contributed by atoms with Gasteiger partial charge in [0.15, 0.2) is 0 Å². The number of hydrogen-bond donors (Lipinski definition) is 1. The second kappa shape index (κ2) is 10.1. The summed E-state index contributed by atoms with van der Waals surface area (Å²) in [7, 11) is 0. The Kier molecular flexibility index (Phi) is 6.99. The number of rotatable bonds is 7. The highest BCUT2D eigenvalue weighted by molar-refractivity contribution is 5.94. The molecule has 164 valence electrons. The summed E-state index contributed by atoms with van der Waals surface area (Å²) in [6.07, 6.45) is 1.54. The second-order valence-electron chi connectivity index (χ2n) is 8.47. The lowest BCUT2D eigenvalue weighted by Gasteiger charge is -2.31. The van der Waals surface area contributed by atoms with Gasteiger partial charge in [0.05, 0.1) is 19.3 Å². The van der Waals surface area contributed by atoms with E-state index in [0.717, 1.165) is 56.9 Å². The Hall–Kier alpha value is -2.70. The molecule has 2 aromatic carbocycles. The predicted molar refractivity (Wildman–Crippen MR) is 120 cm³/mol. The Labute approximate surface area is 184 Å². The smallest absolute Gasteiger partial charge is 0.251 e. The Morgan fingerprint density at radius 1 is 1.10 bits per heavy atom. The van der Waals surface area contributed by atoms with Crippen molar-refractivity contribution in [3.05, 3.63) is 70.8 Å². The van der Waals surface area contributed by atoms with Gasteiger partial charge in [0.1, 0.15) is 0 Å². The first-order valence-electron chi connectivity index (χ1n) is 11.1. The molecule has 2 aliphatic heterocycles. The molecule has 1 N–H and O–H groups in total. The van der Waals surface area contributed by atoms with Gasteiger partial charge < -0.3 is 15.0 Å². The molecule has 2 fully saturated rings. The lowest BCUT2D eigenvalue weighted by Crippen LogP contribution is -2.43. The van der Waals surface area contributed by atoms with E-state index in [9.17, 15) is 9.59 Å². The molecule has 2 amide bonds. The number of carbonyl (C=O) groups is 2. The van der Waals surface area contributed by atoms with Gasteiger partial charge >= 0.3 is 0 Å². The van der Waals surface area contributed by atoms with Crippen molar-refractivity contribution in [2.24, 2.45) is 0 Å². The summed E-state index contributed by atoms with van der Waals surface area (Å²) >= 11 is 0. The van der Waals surface area contributed by atoms with E-state index in [0.29, 0.717) is 18.5 Å². The topological polar surface area (TPSA) is 61.9 Å². The van der Waals surface area contributed by atoms with Crippen LogP contribution in [0.25, 0.3) is 0 Å². The zero-order valence-corrected chi connectivity index (χ0v) is 18.2. The number of hydrogen-bond acceptors (Lipinski definition) is 4. The molecular weight excluding hydrogens is 390 g/mol. The summed E-state index contributed by atoms with van der Waals surface area (Å²) in [5, 5.41) is 3.24. The SMILES string of the molecule is Cc1ccc([C@@H](CN2CCOCC2)NC(=O)c2cccc(CN3CCCC3=O)c2)cc1. The lowest BCUT2D eigenvalue weighted by molar-refractivity contribution is -0.128. The van der Waals surface area contributed by atoms with Crippen LogP contribution in [-0.4, -0.2) is 61.0 Å². The normalized spacial score (nSPS) is 18.2. The standard InChI is InChI=1S/C25H31N3O3/c1-19-7-9-21(10-8-19)23(18-27-12-14-31-15-13-27)26-25(30)22-5-2-4-20(16-22)17-28-11-3-6-24(28)29/h2,4-5,7-10,16,23H,3,6,11-15,17-18H2,1H3,(H,26,30)/t23-/m1/s1. The Morgan fingerprint density at radius 3 is 2.58 bits per heavy atom. The Balaban J connectivity index is 1.47. The third-order valence-electron chi connectivity index (χ3n) is 6.06. The number of carbonyl (C=O) groups excluding carboxylic acids is 2. The summed E-state index contributed by atoms with van der Waals surface area (Å²) in [5.74, 6) is 0.105. The third kappa shape index (κ3) is 5.71. The molecule has 0 radical (unpaired) electrons. The van der Waals surface area contributed by atoms with Crippen molar-refractivity contribution in [2.45, 2.75) is 32.4 Å². The summed E-state index contributed by atoms with van der Waals surface area (Å²) < 4.78 is 5.47. The van der Waals surface area contributed by atoms with Crippen LogP contribution in [-0.2, 0) is 16.1 Å². The fraction of sp³-hybridized carbons (Fsp3) is 0.440. The molecule has 0 unspecified atom stereocenters. The van der Waals surface area contributed by atoms with Gasteiger partial charge in [-0.05, 0) is 36.6 Å². The number of nitrogens with one attached hydrogen (secondary N) is 1. The molecule has 0 saturated carbocycles. The molecule has 0 spiro atoms. The van der Waals surface area contributed by atoms with Crippen molar-refractivity contribution in [2.75, 3.05) is 39.4 Å². The maximum absolute atomic E-state index is 13.2. The first kappa shape index (κ1) is 21.5. The van der Waals surface area contributed by atoms with Gasteiger partial charge in [0.2, 0.25) is 5.91 Å². The molecule has 4 rings (SSSR count). The van der Waals surface area contributed by atoms with Crippen LogP contribution in [0.3, 0.4) is 0 Å². The summed E-state index contributed by atoms with van der Waals surface area (Å²) in [5.41, 5.74) is 3.92. The highest BCUT2D eigenvalue weighted by Gasteiger charge is 2.22. The van der Waals surface area contributed by atoms with E-state index in [1.807, 2.05) is 29.2 Å². The van der Waals surface area contributed by atoms with E-state index >= 15 is 0 Å². The maximum atomic E-state index is 13.2. The molecule has 6 nitrogen and oxygen atoms in total. The average Bonchev–Trinajstić information content (AvgIpc) is 3.19. The van der Waals surface area contributed by atoms with E-state index in [1.54, 1.807) is 0 Å². The number of benzene rings is 2. The van der Waals surface area contributed by atoms with Gasteiger partial charge in [-0.1, -0.05) is 42.0 Å². The van der Waals surface area contributed by atoms with Crippen LogP contribution in [0.1, 0.15) is 45.9 Å². The minimum absolute atomic E-state index is 0.0894. The maximum Gasteiger partial charge on any atom is 0.251 e. The van der Waals surface area contributed by atoms with Crippen molar-refractivity contribution >= 4 is 11.8 Å². The van der Waals surface area contributed by atoms with E-state index < -0.39 is 0 Å². The average molecular weight is 422 g/mol. The van der Waals surface area contributed by atoms with Crippen LogP contribution in [0.15, 0.2) is 48.5 Å². The number of nitrogens with zero attached hydrogens (tertiary/aromatic N) is 2. The van der Waals surface area contributed by atoms with E-state index in [4.69, 9.17) is 4.74 Å². The Bertz CT molecular complexity index is 906. The molecule has 2 aromatic rings. The number of amides is 2. The summed E-state index contributed by atoms with van der Waals surface area (Å²) in [4.78, 5) is 29.3. The monoisotopic (exact) mass is 421 g/mol. The van der Waals surface area contributed by atoms with Gasteiger partial charge in [0.25, 0.3) is 5.91 Å².